The summed E-state index contributed by atoms with van der Waals surface area (Å²) in [6.07, 6.45) is 7.67. The number of ether oxygens (including phenoxy) is 2. The molecule has 7 atom stereocenters. The Morgan fingerprint density at radius 3 is 2.90 bits per heavy atom. The fourth-order valence-electron chi connectivity index (χ4n) is 8.78. The van der Waals surface area contributed by atoms with E-state index in [9.17, 15) is 10.2 Å². The third kappa shape index (κ3) is 1.93. The number of aromatic hydroxyl groups is 1. The number of methoxy groups -OCH3 is 1. The van der Waals surface area contributed by atoms with E-state index in [1.165, 1.54) is 11.1 Å². The lowest BCUT2D eigenvalue weighted by molar-refractivity contribution is -0.292. The minimum atomic E-state index is -0.796. The number of phenolic OH excluding ortho intramolecular Hbond substituents is 1. The Kier molecular flexibility index (Phi) is 3.83. The zero-order valence-corrected chi connectivity index (χ0v) is 18.5. The van der Waals surface area contributed by atoms with Gasteiger partial charge in [0.25, 0.3) is 0 Å². The number of phenols is 1. The van der Waals surface area contributed by atoms with Crippen molar-refractivity contribution in [1.82, 2.24) is 5.32 Å². The number of aliphatic hydroxyl groups is 1. The van der Waals surface area contributed by atoms with Crippen LogP contribution in [0.25, 0.3) is 0 Å². The molecule has 164 valence electrons. The molecule has 2 aliphatic heterocycles. The van der Waals surface area contributed by atoms with Gasteiger partial charge in [0.2, 0.25) is 0 Å². The van der Waals surface area contributed by atoms with Gasteiger partial charge >= 0.3 is 0 Å². The number of hydrogen-bond donors (Lipinski definition) is 3. The van der Waals surface area contributed by atoms with Gasteiger partial charge in [-0.3, -0.25) is 0 Å². The molecule has 2 heterocycles. The monoisotopic (exact) mass is 413 g/mol. The first-order valence-corrected chi connectivity index (χ1v) is 11.9. The Morgan fingerprint density at radius 2 is 2.13 bits per heavy atom. The largest absolute Gasteiger partial charge is 0.504 e. The Bertz CT molecular complexity index is 899. The maximum absolute atomic E-state index is 11.8. The summed E-state index contributed by atoms with van der Waals surface area (Å²) in [6.45, 7) is 5.17. The van der Waals surface area contributed by atoms with Gasteiger partial charge < -0.3 is 25.0 Å². The molecule has 0 radical (unpaired) electrons. The summed E-state index contributed by atoms with van der Waals surface area (Å²) in [7, 11) is 1.81. The first-order chi connectivity index (χ1) is 14.4. The van der Waals surface area contributed by atoms with Crippen molar-refractivity contribution in [1.29, 1.82) is 0 Å². The fourth-order valence-corrected chi connectivity index (χ4v) is 8.78. The van der Waals surface area contributed by atoms with Crippen molar-refractivity contribution in [3.05, 3.63) is 23.3 Å². The zero-order valence-electron chi connectivity index (χ0n) is 18.5. The molecule has 3 N–H and O–H groups in total. The second kappa shape index (κ2) is 5.93. The zero-order chi connectivity index (χ0) is 20.9. The molecule has 7 rings (SSSR count). The van der Waals surface area contributed by atoms with Crippen LogP contribution in [0.4, 0.5) is 0 Å². The van der Waals surface area contributed by atoms with E-state index >= 15 is 0 Å². The normalized spacial score (nSPS) is 44.3. The van der Waals surface area contributed by atoms with Crippen LogP contribution in [0, 0.1) is 11.3 Å². The summed E-state index contributed by atoms with van der Waals surface area (Å²) in [6, 6.07) is 4.29. The minimum absolute atomic E-state index is 0.0221. The van der Waals surface area contributed by atoms with Crippen molar-refractivity contribution in [3.8, 4) is 11.5 Å². The number of rotatable bonds is 5. The Morgan fingerprint density at radius 1 is 1.30 bits per heavy atom. The number of fused-ring (bicyclic) bond motifs is 2. The maximum Gasteiger partial charge on any atom is 0.165 e. The topological polar surface area (TPSA) is 71.0 Å². The van der Waals surface area contributed by atoms with E-state index < -0.39 is 11.2 Å². The molecule has 1 aromatic carbocycles. The quantitative estimate of drug-likeness (QED) is 0.690. The summed E-state index contributed by atoms with van der Waals surface area (Å²) in [5.74, 6) is 0.970. The van der Waals surface area contributed by atoms with Gasteiger partial charge in [-0.2, -0.15) is 0 Å². The first-order valence-electron chi connectivity index (χ1n) is 11.9. The lowest BCUT2D eigenvalue weighted by Crippen LogP contribution is -2.82. The molecular weight excluding hydrogens is 378 g/mol. The van der Waals surface area contributed by atoms with Crippen molar-refractivity contribution in [2.45, 2.75) is 94.0 Å². The average Bonchev–Trinajstić information content (AvgIpc) is 3.10. The average molecular weight is 414 g/mol. The molecule has 4 fully saturated rings. The molecule has 0 aromatic heterocycles. The van der Waals surface area contributed by atoms with E-state index in [0.717, 1.165) is 57.9 Å². The molecule has 4 aliphatic carbocycles. The van der Waals surface area contributed by atoms with Crippen LogP contribution >= 0.6 is 0 Å². The second-order valence-corrected chi connectivity index (χ2v) is 10.9. The molecule has 1 aromatic rings. The minimum Gasteiger partial charge on any atom is -0.504 e. The Balaban J connectivity index is 1.59. The SMILES string of the molecule is CCCC[C@@](C)(O)[C@H]1C[C@@]23CC[C@]1(OC)[C@@H]1Oc4c(O)ccc5c4C12CCNC3C5. The lowest BCUT2D eigenvalue weighted by atomic mass is 9.34. The number of hydrogen-bond acceptors (Lipinski definition) is 5. The van der Waals surface area contributed by atoms with Gasteiger partial charge in [0.1, 0.15) is 11.7 Å². The van der Waals surface area contributed by atoms with Gasteiger partial charge in [0.15, 0.2) is 11.5 Å². The van der Waals surface area contributed by atoms with E-state index in [0.29, 0.717) is 11.8 Å². The number of nitrogens with one attached hydrogen (secondary N) is 1. The molecule has 5 heteroatoms. The number of unbranched alkanes of at least 4 members (excludes halogenated alkanes) is 1. The highest BCUT2D eigenvalue weighted by molar-refractivity contribution is 5.63. The van der Waals surface area contributed by atoms with Crippen LogP contribution in [0.15, 0.2) is 12.1 Å². The van der Waals surface area contributed by atoms with E-state index in [1.54, 1.807) is 6.07 Å². The summed E-state index contributed by atoms with van der Waals surface area (Å²) >= 11 is 0. The standard InChI is InChI=1S/C25H35NO4/c1-4-5-8-22(2,28)17-14-23-9-10-25(17,29-3)21-24(23)11-12-26-18(23)13-15-6-7-16(27)20(30-21)19(15)24/h6-7,17-18,21,26-28H,4-5,8-14H2,1-3H3/t17-,18?,21-,22-,23-,24?,25-/m1/s1. The predicted octanol–water partition coefficient (Wildman–Crippen LogP) is 3.44. The van der Waals surface area contributed by atoms with E-state index in [4.69, 9.17) is 9.47 Å². The van der Waals surface area contributed by atoms with Crippen LogP contribution in [0.2, 0.25) is 0 Å². The highest BCUT2D eigenvalue weighted by Crippen LogP contribution is 2.76. The molecule has 6 aliphatic rings. The van der Waals surface area contributed by atoms with Crippen molar-refractivity contribution >= 4 is 0 Å². The van der Waals surface area contributed by atoms with Gasteiger partial charge in [-0.05, 0) is 63.6 Å². The summed E-state index contributed by atoms with van der Waals surface area (Å²) < 4.78 is 13.2. The highest BCUT2D eigenvalue weighted by atomic mass is 16.6. The Hall–Kier alpha value is -1.30. The molecule has 30 heavy (non-hydrogen) atoms. The van der Waals surface area contributed by atoms with Crippen LogP contribution in [-0.4, -0.2) is 47.2 Å². The van der Waals surface area contributed by atoms with E-state index in [1.807, 2.05) is 14.0 Å². The van der Waals surface area contributed by atoms with Gasteiger partial charge in [-0.25, -0.2) is 0 Å². The predicted molar refractivity (Wildman–Crippen MR) is 114 cm³/mol. The van der Waals surface area contributed by atoms with Gasteiger partial charge in [-0.15, -0.1) is 0 Å². The summed E-state index contributed by atoms with van der Waals surface area (Å²) in [5, 5.41) is 26.4. The van der Waals surface area contributed by atoms with Gasteiger partial charge in [0, 0.05) is 35.5 Å². The third-order valence-corrected chi connectivity index (χ3v) is 9.97. The van der Waals surface area contributed by atoms with Crippen molar-refractivity contribution < 1.29 is 19.7 Å². The number of benzene rings is 1. The highest BCUT2D eigenvalue weighted by Gasteiger charge is 2.81. The maximum atomic E-state index is 11.8. The fraction of sp³-hybridized carbons (Fsp3) is 0.760. The first kappa shape index (κ1) is 19.4. The molecule has 5 nitrogen and oxygen atoms in total. The smallest absolute Gasteiger partial charge is 0.165 e. The summed E-state index contributed by atoms with van der Waals surface area (Å²) in [5.41, 5.74) is 1.18. The van der Waals surface area contributed by atoms with Crippen LogP contribution < -0.4 is 10.1 Å². The lowest BCUT2D eigenvalue weighted by Gasteiger charge is -2.73. The number of piperidine rings is 1. The third-order valence-electron chi connectivity index (χ3n) is 9.97. The molecule has 4 bridgehead atoms. The van der Waals surface area contributed by atoms with E-state index in [-0.39, 0.29) is 28.6 Å². The van der Waals surface area contributed by atoms with Gasteiger partial charge in [-0.1, -0.05) is 25.8 Å². The molecule has 2 unspecified atom stereocenters. The van der Waals surface area contributed by atoms with Crippen LogP contribution in [0.3, 0.4) is 0 Å². The molecular formula is C25H35NO4. The molecule has 3 saturated carbocycles. The van der Waals surface area contributed by atoms with Crippen molar-refractivity contribution in [3.63, 3.8) is 0 Å². The van der Waals surface area contributed by atoms with Crippen LogP contribution in [0.5, 0.6) is 11.5 Å². The summed E-state index contributed by atoms with van der Waals surface area (Å²) in [4.78, 5) is 0. The Labute approximate surface area is 179 Å². The van der Waals surface area contributed by atoms with Crippen LogP contribution in [0.1, 0.15) is 69.9 Å². The molecule has 0 amide bonds. The van der Waals surface area contributed by atoms with E-state index in [2.05, 4.69) is 18.3 Å². The second-order valence-electron chi connectivity index (χ2n) is 10.9. The molecule has 1 saturated heterocycles. The van der Waals surface area contributed by atoms with Crippen molar-refractivity contribution in [2.24, 2.45) is 11.3 Å². The van der Waals surface area contributed by atoms with Gasteiger partial charge in [0.05, 0.1) is 5.60 Å². The molecule has 2 spiro atoms. The van der Waals surface area contributed by atoms with Crippen LogP contribution in [-0.2, 0) is 16.6 Å². The van der Waals surface area contributed by atoms with Crippen molar-refractivity contribution in [2.75, 3.05) is 13.7 Å².